The van der Waals surface area contributed by atoms with Gasteiger partial charge in [-0.1, -0.05) is 30.3 Å². The molecule has 3 heterocycles. The topological polar surface area (TPSA) is 91.0 Å². The third-order valence-electron chi connectivity index (χ3n) is 6.41. The van der Waals surface area contributed by atoms with Crippen LogP contribution in [0.2, 0.25) is 0 Å². The minimum Gasteiger partial charge on any atom is -0.381 e. The highest BCUT2D eigenvalue weighted by atomic mass is 16.5. The zero-order valence-electron chi connectivity index (χ0n) is 19.4. The van der Waals surface area contributed by atoms with Crippen LogP contribution >= 0.6 is 0 Å². The molecule has 0 bridgehead atoms. The van der Waals surface area contributed by atoms with E-state index < -0.39 is 17.8 Å². The van der Waals surface area contributed by atoms with Crippen LogP contribution in [0.3, 0.4) is 0 Å². The molecule has 8 heteroatoms. The van der Waals surface area contributed by atoms with Crippen LogP contribution in [0.15, 0.2) is 42.5 Å². The number of imide groups is 1. The van der Waals surface area contributed by atoms with Crippen molar-refractivity contribution in [3.63, 3.8) is 0 Å². The Hall–Kier alpha value is -3.23. The third kappa shape index (κ3) is 4.62. The van der Waals surface area contributed by atoms with Crippen LogP contribution in [0.1, 0.15) is 41.3 Å². The van der Waals surface area contributed by atoms with E-state index >= 15 is 0 Å². The zero-order valence-corrected chi connectivity index (χ0v) is 18.4. The smallest absolute Gasteiger partial charge is 0.255 e. The number of amides is 3. The first-order valence-corrected chi connectivity index (χ1v) is 11.3. The molecular weight excluding hydrogens is 420 g/mol. The lowest BCUT2D eigenvalue weighted by molar-refractivity contribution is -0.136. The Kier molecular flexibility index (Phi) is 5.76. The number of rotatable bonds is 6. The van der Waals surface area contributed by atoms with Crippen molar-refractivity contribution >= 4 is 23.4 Å². The van der Waals surface area contributed by atoms with E-state index in [0.717, 1.165) is 49.7 Å². The van der Waals surface area contributed by atoms with Gasteiger partial charge in [0, 0.05) is 56.0 Å². The largest absolute Gasteiger partial charge is 0.381 e. The van der Waals surface area contributed by atoms with Crippen molar-refractivity contribution < 1.29 is 20.5 Å². The van der Waals surface area contributed by atoms with Crippen LogP contribution in [0.4, 0.5) is 5.69 Å². The Labute approximate surface area is 194 Å². The first-order valence-electron chi connectivity index (χ1n) is 11.8. The molecule has 1 atom stereocenters. The van der Waals surface area contributed by atoms with Gasteiger partial charge in [-0.15, -0.1) is 0 Å². The van der Waals surface area contributed by atoms with Crippen LogP contribution in [-0.2, 0) is 34.0 Å². The number of morpholine rings is 1. The summed E-state index contributed by atoms with van der Waals surface area (Å²) in [6.45, 7) is 5.13. The maximum atomic E-state index is 13.1. The molecule has 2 aromatic rings. The first-order chi connectivity index (χ1) is 16.4. The molecule has 2 aromatic carbocycles. The Morgan fingerprint density at radius 1 is 1.06 bits per heavy atom. The van der Waals surface area contributed by atoms with Gasteiger partial charge in [-0.2, -0.15) is 0 Å². The minimum atomic E-state index is -1.78. The van der Waals surface area contributed by atoms with E-state index in [1.54, 1.807) is 12.1 Å². The number of benzene rings is 2. The predicted octanol–water partition coefficient (Wildman–Crippen LogP) is 1.89. The highest BCUT2D eigenvalue weighted by Gasteiger charge is 2.39. The van der Waals surface area contributed by atoms with Gasteiger partial charge in [-0.3, -0.25) is 24.6 Å². The maximum Gasteiger partial charge on any atom is 0.255 e. The van der Waals surface area contributed by atoms with E-state index in [-0.39, 0.29) is 25.3 Å². The van der Waals surface area contributed by atoms with Gasteiger partial charge in [-0.05, 0) is 29.7 Å². The van der Waals surface area contributed by atoms with Crippen LogP contribution in [0.5, 0.6) is 0 Å². The second kappa shape index (κ2) is 9.33. The van der Waals surface area contributed by atoms with Crippen molar-refractivity contribution in [1.82, 2.24) is 15.1 Å². The summed E-state index contributed by atoms with van der Waals surface area (Å²) < 4.78 is 14.1. The number of piperidine rings is 1. The fourth-order valence-electron chi connectivity index (χ4n) is 4.56. The molecule has 3 aliphatic rings. The Balaban J connectivity index is 1.25. The highest BCUT2D eigenvalue weighted by Crippen LogP contribution is 2.32. The predicted molar refractivity (Wildman–Crippen MR) is 122 cm³/mol. The molecule has 172 valence electrons. The molecule has 0 aromatic heterocycles. The average molecular weight is 450 g/mol. The van der Waals surface area contributed by atoms with Gasteiger partial charge in [0.2, 0.25) is 11.8 Å². The lowest BCUT2D eigenvalue weighted by atomic mass is 10.0. The number of hydrogen-bond donors (Lipinski definition) is 2. The Bertz CT molecular complexity index is 1120. The van der Waals surface area contributed by atoms with Gasteiger partial charge in [0.05, 0.1) is 14.6 Å². The molecule has 0 spiro atoms. The monoisotopic (exact) mass is 449 g/mol. The van der Waals surface area contributed by atoms with Crippen LogP contribution < -0.4 is 10.6 Å². The summed E-state index contributed by atoms with van der Waals surface area (Å²) in [5.41, 5.74) is 4.45. The van der Waals surface area contributed by atoms with E-state index in [9.17, 15) is 14.4 Å². The number of fused-ring (bicyclic) bond motifs is 1. The number of hydrogen-bond acceptors (Lipinski definition) is 6. The summed E-state index contributed by atoms with van der Waals surface area (Å²) in [6.07, 6.45) is 0.0406. The van der Waals surface area contributed by atoms with E-state index in [4.69, 9.17) is 6.11 Å². The van der Waals surface area contributed by atoms with Gasteiger partial charge < -0.3 is 15.0 Å². The minimum absolute atomic E-state index is 0.00302. The van der Waals surface area contributed by atoms with Crippen molar-refractivity contribution in [3.05, 3.63) is 64.7 Å². The molecule has 2 fully saturated rings. The van der Waals surface area contributed by atoms with Gasteiger partial charge in [0.15, 0.2) is 0 Å². The molecule has 3 amide bonds. The van der Waals surface area contributed by atoms with Gasteiger partial charge in [-0.25, -0.2) is 0 Å². The van der Waals surface area contributed by atoms with E-state index in [2.05, 4.69) is 39.8 Å². The summed E-state index contributed by atoms with van der Waals surface area (Å²) in [5.74, 6) is -1.50. The summed E-state index contributed by atoms with van der Waals surface area (Å²) in [7, 11) is 0. The molecule has 0 aliphatic carbocycles. The number of nitrogens with zero attached hydrogens (tertiary/aromatic N) is 2. The summed E-state index contributed by atoms with van der Waals surface area (Å²) in [5, 5.41) is 5.62. The van der Waals surface area contributed by atoms with Crippen molar-refractivity contribution in [2.75, 3.05) is 31.6 Å². The summed E-state index contributed by atoms with van der Waals surface area (Å²) in [6, 6.07) is 12.1. The number of nitrogens with one attached hydrogen (secondary N) is 2. The highest BCUT2D eigenvalue weighted by molar-refractivity contribution is 6.06. The fourth-order valence-corrected chi connectivity index (χ4v) is 4.56. The first kappa shape index (κ1) is 20.4. The molecule has 3 aliphatic heterocycles. The average Bonchev–Trinajstić information content (AvgIpc) is 3.20. The lowest BCUT2D eigenvalue weighted by Gasteiger charge is -2.29. The number of ether oxygens (including phenoxy) is 1. The lowest BCUT2D eigenvalue weighted by Crippen LogP contribution is -2.52. The number of carbonyl (C=O) groups is 3. The summed E-state index contributed by atoms with van der Waals surface area (Å²) in [4.78, 5) is 40.7. The summed E-state index contributed by atoms with van der Waals surface area (Å²) >= 11 is 0. The van der Waals surface area contributed by atoms with Gasteiger partial charge in [0.25, 0.3) is 5.91 Å². The second-order valence-electron chi connectivity index (χ2n) is 8.61. The maximum absolute atomic E-state index is 13.1. The quantitative estimate of drug-likeness (QED) is 0.655. The molecule has 8 nitrogen and oxygen atoms in total. The van der Waals surface area contributed by atoms with E-state index in [1.165, 1.54) is 10.5 Å². The second-order valence-corrected chi connectivity index (χ2v) is 8.61. The normalized spacial score (nSPS) is 23.8. The molecule has 2 N–H and O–H groups in total. The molecule has 5 rings (SSSR count). The molecule has 0 unspecified atom stereocenters. The van der Waals surface area contributed by atoms with E-state index in [0.29, 0.717) is 12.1 Å². The van der Waals surface area contributed by atoms with Crippen molar-refractivity contribution in [2.45, 2.75) is 38.5 Å². The standard InChI is InChI=1S/C25H28N4O4/c30-23-9-8-22(24(31)27-23)29-16-20-19(25(29)32)2-1-3-21(20)26-14-17-4-6-18(7-5-17)15-28-10-12-33-13-11-28/h1-7,22,26H,8-16H2,(H,27,30,31)/t22-/m1/s1/i22D. The van der Waals surface area contributed by atoms with Crippen molar-refractivity contribution in [1.29, 1.82) is 0 Å². The van der Waals surface area contributed by atoms with Gasteiger partial charge >= 0.3 is 0 Å². The number of anilines is 1. The van der Waals surface area contributed by atoms with Crippen LogP contribution in [0.25, 0.3) is 0 Å². The molecular formula is C25H28N4O4. The van der Waals surface area contributed by atoms with Crippen LogP contribution in [-0.4, -0.2) is 59.8 Å². The SMILES string of the molecule is [2H][C@@]1(N2Cc3c(NCc4ccc(CN5CCOCC5)cc4)cccc3C2=O)CCC(=O)NC1=O. The Morgan fingerprint density at radius 2 is 1.82 bits per heavy atom. The molecule has 0 saturated carbocycles. The molecule has 33 heavy (non-hydrogen) atoms. The van der Waals surface area contributed by atoms with Gasteiger partial charge in [0.1, 0.15) is 6.02 Å². The molecule has 2 saturated heterocycles. The van der Waals surface area contributed by atoms with Crippen molar-refractivity contribution in [3.8, 4) is 0 Å². The van der Waals surface area contributed by atoms with E-state index in [1.807, 2.05) is 6.07 Å². The Morgan fingerprint density at radius 3 is 2.58 bits per heavy atom. The van der Waals surface area contributed by atoms with Crippen molar-refractivity contribution in [2.24, 2.45) is 0 Å². The molecule has 0 radical (unpaired) electrons. The zero-order chi connectivity index (χ0) is 23.7. The third-order valence-corrected chi connectivity index (χ3v) is 6.41. The fraction of sp³-hybridized carbons (Fsp3) is 0.400. The number of carbonyl (C=O) groups excluding carboxylic acids is 3. The van der Waals surface area contributed by atoms with Crippen LogP contribution in [0, 0.1) is 0 Å².